The van der Waals surface area contributed by atoms with Crippen LogP contribution in [0.2, 0.25) is 0 Å². The second-order valence-electron chi connectivity index (χ2n) is 7.66. The average Bonchev–Trinajstić information content (AvgIpc) is 2.74. The van der Waals surface area contributed by atoms with Crippen molar-refractivity contribution >= 4 is 35.8 Å². The number of ether oxygens (including phenoxy) is 1. The van der Waals surface area contributed by atoms with Crippen LogP contribution in [-0.4, -0.2) is 61.5 Å². The van der Waals surface area contributed by atoms with Crippen molar-refractivity contribution in [2.24, 2.45) is 4.99 Å². The van der Waals surface area contributed by atoms with Gasteiger partial charge in [-0.15, -0.1) is 24.0 Å². The lowest BCUT2D eigenvalue weighted by atomic mass is 10.1. The van der Waals surface area contributed by atoms with Crippen LogP contribution in [0.5, 0.6) is 0 Å². The molecule has 0 spiro atoms. The number of nitrogens with zero attached hydrogens (tertiary/aromatic N) is 3. The van der Waals surface area contributed by atoms with Crippen LogP contribution in [0, 0.1) is 5.82 Å². The summed E-state index contributed by atoms with van der Waals surface area (Å²) in [5.41, 5.74) is 2.01. The summed E-state index contributed by atoms with van der Waals surface area (Å²) in [5, 5.41) is 3.21. The molecule has 1 saturated heterocycles. The SMILES string of the molecule is CC1CN(C(=NCc2ccccc2)NCC(=O)N(C)C)CC(c2ccc(F)cc2)O1.I. The van der Waals surface area contributed by atoms with Gasteiger partial charge in [0.1, 0.15) is 11.9 Å². The van der Waals surface area contributed by atoms with E-state index in [1.54, 1.807) is 31.1 Å². The molecule has 0 saturated carbocycles. The van der Waals surface area contributed by atoms with Crippen LogP contribution in [0.3, 0.4) is 0 Å². The van der Waals surface area contributed by atoms with E-state index < -0.39 is 0 Å². The van der Waals surface area contributed by atoms with Crippen molar-refractivity contribution < 1.29 is 13.9 Å². The van der Waals surface area contributed by atoms with E-state index in [2.05, 4.69) is 10.2 Å². The van der Waals surface area contributed by atoms with Gasteiger partial charge >= 0.3 is 0 Å². The highest BCUT2D eigenvalue weighted by Crippen LogP contribution is 2.25. The van der Waals surface area contributed by atoms with Crippen molar-refractivity contribution in [1.29, 1.82) is 0 Å². The summed E-state index contributed by atoms with van der Waals surface area (Å²) in [6.45, 7) is 3.88. The first-order valence-corrected chi connectivity index (χ1v) is 10.1. The molecule has 2 atom stereocenters. The number of amides is 1. The number of aliphatic imine (C=N–C) groups is 1. The number of hydrogen-bond acceptors (Lipinski definition) is 3. The highest BCUT2D eigenvalue weighted by molar-refractivity contribution is 14.0. The molecule has 0 aliphatic carbocycles. The number of rotatable bonds is 5. The maximum atomic E-state index is 13.3. The Morgan fingerprint density at radius 1 is 1.16 bits per heavy atom. The molecule has 2 aromatic carbocycles. The van der Waals surface area contributed by atoms with Gasteiger partial charge in [-0.1, -0.05) is 42.5 Å². The molecule has 1 N–H and O–H groups in total. The van der Waals surface area contributed by atoms with Gasteiger partial charge in [0.05, 0.1) is 25.7 Å². The van der Waals surface area contributed by atoms with Gasteiger partial charge in [0.2, 0.25) is 5.91 Å². The monoisotopic (exact) mass is 540 g/mol. The smallest absolute Gasteiger partial charge is 0.241 e. The number of benzene rings is 2. The van der Waals surface area contributed by atoms with Crippen LogP contribution in [0.4, 0.5) is 4.39 Å². The number of nitrogens with one attached hydrogen (secondary N) is 1. The average molecular weight is 540 g/mol. The Hall–Kier alpha value is -2.20. The Balaban J connectivity index is 0.00000341. The van der Waals surface area contributed by atoms with Crippen LogP contribution in [0.15, 0.2) is 59.6 Å². The largest absolute Gasteiger partial charge is 0.367 e. The van der Waals surface area contributed by atoms with Crippen LogP contribution in [0.1, 0.15) is 24.2 Å². The summed E-state index contributed by atoms with van der Waals surface area (Å²) in [5.74, 6) is 0.364. The molecule has 0 bridgehead atoms. The lowest BCUT2D eigenvalue weighted by Gasteiger charge is -2.39. The van der Waals surface area contributed by atoms with Gasteiger partial charge in [-0.25, -0.2) is 9.38 Å². The summed E-state index contributed by atoms with van der Waals surface area (Å²) in [7, 11) is 3.46. The van der Waals surface area contributed by atoms with Gasteiger partial charge in [-0.3, -0.25) is 4.79 Å². The van der Waals surface area contributed by atoms with Crippen LogP contribution in [-0.2, 0) is 16.1 Å². The lowest BCUT2D eigenvalue weighted by Crippen LogP contribution is -2.52. The molecular weight excluding hydrogens is 510 g/mol. The zero-order chi connectivity index (χ0) is 21.5. The summed E-state index contributed by atoms with van der Waals surface area (Å²) < 4.78 is 19.4. The fraction of sp³-hybridized carbons (Fsp3) is 0.391. The lowest BCUT2D eigenvalue weighted by molar-refractivity contribution is -0.127. The number of carbonyl (C=O) groups is 1. The molecule has 2 unspecified atom stereocenters. The van der Waals surface area contributed by atoms with E-state index in [0.717, 1.165) is 11.1 Å². The molecule has 1 fully saturated rings. The van der Waals surface area contributed by atoms with Gasteiger partial charge in [0, 0.05) is 20.6 Å². The van der Waals surface area contributed by atoms with Gasteiger partial charge in [-0.05, 0) is 30.2 Å². The molecule has 2 aromatic rings. The van der Waals surface area contributed by atoms with Crippen molar-refractivity contribution in [2.45, 2.75) is 25.7 Å². The minimum absolute atomic E-state index is 0. The first kappa shape index (κ1) is 25.1. The number of halogens is 2. The van der Waals surface area contributed by atoms with E-state index in [0.29, 0.717) is 25.6 Å². The molecule has 31 heavy (non-hydrogen) atoms. The summed E-state index contributed by atoms with van der Waals surface area (Å²) in [6.07, 6.45) is -0.246. The topological polar surface area (TPSA) is 57.2 Å². The normalized spacial score (nSPS) is 18.8. The standard InChI is InChI=1S/C23H29FN4O2.HI/c1-17-15-28(16-21(30-17)19-9-11-20(24)12-10-19)23(26-14-22(29)27(2)3)25-13-18-7-5-4-6-8-18;/h4-12,17,21H,13-16H2,1-3H3,(H,25,26);1H. The minimum Gasteiger partial charge on any atom is -0.367 e. The van der Waals surface area contributed by atoms with Gasteiger partial charge in [-0.2, -0.15) is 0 Å². The molecule has 1 amide bonds. The molecule has 1 heterocycles. The number of carbonyl (C=O) groups excluding carboxylic acids is 1. The van der Waals surface area contributed by atoms with E-state index in [1.807, 2.05) is 37.3 Å². The first-order chi connectivity index (χ1) is 14.4. The minimum atomic E-state index is -0.270. The molecule has 0 aromatic heterocycles. The number of likely N-dealkylation sites (N-methyl/N-ethyl adjacent to an activating group) is 1. The predicted octanol–water partition coefficient (Wildman–Crippen LogP) is 3.44. The van der Waals surface area contributed by atoms with Crippen molar-refractivity contribution in [3.8, 4) is 0 Å². The second kappa shape index (κ2) is 12.0. The Morgan fingerprint density at radius 3 is 2.48 bits per heavy atom. The zero-order valence-electron chi connectivity index (χ0n) is 18.1. The van der Waals surface area contributed by atoms with Gasteiger partial charge in [0.25, 0.3) is 0 Å². The van der Waals surface area contributed by atoms with Gasteiger partial charge < -0.3 is 19.9 Å². The molecule has 8 heteroatoms. The van der Waals surface area contributed by atoms with Crippen molar-refractivity contribution in [2.75, 3.05) is 33.7 Å². The Morgan fingerprint density at radius 2 is 1.84 bits per heavy atom. The first-order valence-electron chi connectivity index (χ1n) is 10.1. The highest BCUT2D eigenvalue weighted by atomic mass is 127. The van der Waals surface area contributed by atoms with E-state index >= 15 is 0 Å². The molecule has 1 aliphatic rings. The van der Waals surface area contributed by atoms with E-state index in [-0.39, 0.29) is 54.5 Å². The third-order valence-electron chi connectivity index (χ3n) is 4.95. The third-order valence-corrected chi connectivity index (χ3v) is 4.95. The van der Waals surface area contributed by atoms with E-state index in [1.165, 1.54) is 12.1 Å². The van der Waals surface area contributed by atoms with Crippen molar-refractivity contribution in [1.82, 2.24) is 15.1 Å². The highest BCUT2D eigenvalue weighted by Gasteiger charge is 2.28. The molecular formula is C23H30FIN4O2. The number of morpholine rings is 1. The fourth-order valence-corrected chi connectivity index (χ4v) is 3.32. The second-order valence-corrected chi connectivity index (χ2v) is 7.66. The molecule has 3 rings (SSSR count). The van der Waals surface area contributed by atoms with Crippen LogP contribution < -0.4 is 5.32 Å². The molecule has 6 nitrogen and oxygen atoms in total. The number of hydrogen-bond donors (Lipinski definition) is 1. The Kier molecular flexibility index (Phi) is 9.70. The van der Waals surface area contributed by atoms with Crippen LogP contribution >= 0.6 is 24.0 Å². The zero-order valence-corrected chi connectivity index (χ0v) is 20.5. The summed E-state index contributed by atoms with van der Waals surface area (Å²) >= 11 is 0. The van der Waals surface area contributed by atoms with E-state index in [4.69, 9.17) is 9.73 Å². The number of guanidine groups is 1. The molecule has 168 valence electrons. The predicted molar refractivity (Wildman–Crippen MR) is 131 cm³/mol. The molecule has 0 radical (unpaired) electrons. The van der Waals surface area contributed by atoms with Crippen LogP contribution in [0.25, 0.3) is 0 Å². The van der Waals surface area contributed by atoms with Crippen molar-refractivity contribution in [3.63, 3.8) is 0 Å². The van der Waals surface area contributed by atoms with Gasteiger partial charge in [0.15, 0.2) is 5.96 Å². The fourth-order valence-electron chi connectivity index (χ4n) is 3.32. The maximum absolute atomic E-state index is 13.3. The third kappa shape index (κ3) is 7.46. The quantitative estimate of drug-likeness (QED) is 0.359. The Labute approximate surface area is 200 Å². The van der Waals surface area contributed by atoms with E-state index in [9.17, 15) is 9.18 Å². The summed E-state index contributed by atoms with van der Waals surface area (Å²) in [4.78, 5) is 20.5. The maximum Gasteiger partial charge on any atom is 0.241 e. The van der Waals surface area contributed by atoms with Crippen molar-refractivity contribution in [3.05, 3.63) is 71.5 Å². The summed E-state index contributed by atoms with van der Waals surface area (Å²) in [6, 6.07) is 16.4. The molecule has 1 aliphatic heterocycles. The Bertz CT molecular complexity index is 862.